The summed E-state index contributed by atoms with van der Waals surface area (Å²) in [5.74, 6) is 0.581. The number of hydrogen-bond acceptors (Lipinski definition) is 5. The van der Waals surface area contributed by atoms with Crippen molar-refractivity contribution in [2.45, 2.75) is 0 Å². The van der Waals surface area contributed by atoms with Crippen LogP contribution >= 0.6 is 0 Å². The van der Waals surface area contributed by atoms with E-state index in [1.54, 1.807) is 0 Å². The standard InChI is InChI=1S/C47H28N2O3/c1-2-12-31(13-3-1)47-48-38-27-37-43(28-44(38)52-47)50-42-22-10-19-39(45(37)42)49(40-20-9-18-36-35-16-6-7-21-41(35)51-46(36)40)32-25-23-30(24-26-32)34-17-8-14-29-11-4-5-15-33(29)34/h1-28H. The molecule has 5 heteroatoms. The lowest BCUT2D eigenvalue weighted by Gasteiger charge is -2.26. The predicted octanol–water partition coefficient (Wildman–Crippen LogP) is 13.6. The van der Waals surface area contributed by atoms with Gasteiger partial charge in [0.15, 0.2) is 11.2 Å². The van der Waals surface area contributed by atoms with Crippen LogP contribution in [0.15, 0.2) is 183 Å². The fourth-order valence-electron chi connectivity index (χ4n) is 7.70. The molecule has 0 saturated carbocycles. The summed E-state index contributed by atoms with van der Waals surface area (Å²) in [5.41, 5.74) is 10.8. The Labute approximate surface area is 297 Å². The Morgan fingerprint density at radius 2 is 1.13 bits per heavy atom. The van der Waals surface area contributed by atoms with Gasteiger partial charge in [0.1, 0.15) is 22.3 Å². The molecule has 0 aliphatic rings. The molecule has 0 fully saturated rings. The average molecular weight is 669 g/mol. The zero-order valence-corrected chi connectivity index (χ0v) is 27.8. The number of nitrogens with zero attached hydrogens (tertiary/aromatic N) is 2. The molecule has 3 heterocycles. The van der Waals surface area contributed by atoms with Crippen LogP contribution in [0.2, 0.25) is 0 Å². The second kappa shape index (κ2) is 11.2. The van der Waals surface area contributed by atoms with Gasteiger partial charge in [-0.25, -0.2) is 4.98 Å². The first kappa shape index (κ1) is 28.7. The largest absolute Gasteiger partial charge is 0.456 e. The summed E-state index contributed by atoms with van der Waals surface area (Å²) in [5, 5.41) is 6.53. The molecule has 0 N–H and O–H groups in total. The molecule has 11 aromatic rings. The molecule has 0 aliphatic carbocycles. The summed E-state index contributed by atoms with van der Waals surface area (Å²) < 4.78 is 19.4. The van der Waals surface area contributed by atoms with Crippen molar-refractivity contribution >= 4 is 82.8 Å². The quantitative estimate of drug-likeness (QED) is 0.183. The van der Waals surface area contributed by atoms with E-state index in [1.165, 1.54) is 16.3 Å². The molecule has 3 aromatic heterocycles. The second-order valence-corrected chi connectivity index (χ2v) is 13.1. The third kappa shape index (κ3) is 4.39. The molecule has 0 spiro atoms. The van der Waals surface area contributed by atoms with E-state index in [-0.39, 0.29) is 0 Å². The van der Waals surface area contributed by atoms with E-state index in [9.17, 15) is 0 Å². The zero-order chi connectivity index (χ0) is 34.2. The van der Waals surface area contributed by atoms with Gasteiger partial charge in [-0.3, -0.25) is 0 Å². The number of anilines is 3. The maximum atomic E-state index is 6.64. The molecule has 0 amide bonds. The van der Waals surface area contributed by atoms with Crippen molar-refractivity contribution in [3.8, 4) is 22.6 Å². The van der Waals surface area contributed by atoms with Gasteiger partial charge in [-0.1, -0.05) is 109 Å². The van der Waals surface area contributed by atoms with Crippen molar-refractivity contribution in [3.63, 3.8) is 0 Å². The minimum atomic E-state index is 0.581. The Morgan fingerprint density at radius 3 is 2.04 bits per heavy atom. The Hall–Kier alpha value is -7.11. The van der Waals surface area contributed by atoms with Gasteiger partial charge in [0.05, 0.1) is 16.8 Å². The predicted molar refractivity (Wildman–Crippen MR) is 212 cm³/mol. The van der Waals surface area contributed by atoms with Gasteiger partial charge < -0.3 is 18.2 Å². The Kier molecular flexibility index (Phi) is 6.18. The van der Waals surface area contributed by atoms with Gasteiger partial charge in [-0.15, -0.1) is 0 Å². The molecule has 244 valence electrons. The van der Waals surface area contributed by atoms with E-state index in [1.807, 2.05) is 60.7 Å². The first-order chi connectivity index (χ1) is 25.8. The fourth-order valence-corrected chi connectivity index (χ4v) is 7.70. The number of aromatic nitrogens is 1. The van der Waals surface area contributed by atoms with E-state index in [0.717, 1.165) is 77.6 Å². The van der Waals surface area contributed by atoms with Crippen LogP contribution in [0.3, 0.4) is 0 Å². The van der Waals surface area contributed by atoms with Crippen LogP contribution in [0.25, 0.3) is 88.3 Å². The second-order valence-electron chi connectivity index (χ2n) is 13.1. The van der Waals surface area contributed by atoms with Crippen LogP contribution in [0.5, 0.6) is 0 Å². The fraction of sp³-hybridized carbons (Fsp3) is 0. The van der Waals surface area contributed by atoms with Gasteiger partial charge in [0.2, 0.25) is 5.89 Å². The van der Waals surface area contributed by atoms with Gasteiger partial charge in [0, 0.05) is 33.5 Å². The SMILES string of the molecule is c1ccc(-c2nc3cc4c(cc3o2)oc2cccc(N(c3ccc(-c5cccc6ccccc56)cc3)c3cccc5c3oc3ccccc35)c24)cc1. The third-order valence-corrected chi connectivity index (χ3v) is 10.1. The highest BCUT2D eigenvalue weighted by Crippen LogP contribution is 2.47. The lowest BCUT2D eigenvalue weighted by Crippen LogP contribution is -2.10. The molecule has 8 aromatic carbocycles. The average Bonchev–Trinajstić information content (AvgIpc) is 3.91. The Morgan fingerprint density at radius 1 is 0.423 bits per heavy atom. The molecule has 0 unspecified atom stereocenters. The summed E-state index contributed by atoms with van der Waals surface area (Å²) in [4.78, 5) is 7.19. The number of oxazole rings is 1. The lowest BCUT2D eigenvalue weighted by atomic mass is 9.98. The molecule has 0 saturated heterocycles. The highest BCUT2D eigenvalue weighted by atomic mass is 16.4. The van der Waals surface area contributed by atoms with Crippen LogP contribution in [0.1, 0.15) is 0 Å². The van der Waals surface area contributed by atoms with Crippen molar-refractivity contribution in [2.75, 3.05) is 4.90 Å². The van der Waals surface area contributed by atoms with Crippen LogP contribution in [-0.2, 0) is 0 Å². The van der Waals surface area contributed by atoms with Crippen molar-refractivity contribution in [3.05, 3.63) is 170 Å². The van der Waals surface area contributed by atoms with Crippen molar-refractivity contribution in [1.29, 1.82) is 0 Å². The highest BCUT2D eigenvalue weighted by Gasteiger charge is 2.24. The molecule has 0 bridgehead atoms. The molecule has 0 radical (unpaired) electrons. The first-order valence-corrected chi connectivity index (χ1v) is 17.4. The van der Waals surface area contributed by atoms with Crippen molar-refractivity contribution < 1.29 is 13.3 Å². The number of benzene rings is 8. The van der Waals surface area contributed by atoms with E-state index in [0.29, 0.717) is 11.5 Å². The molecule has 0 aliphatic heterocycles. The van der Waals surface area contributed by atoms with Crippen molar-refractivity contribution in [2.24, 2.45) is 0 Å². The Balaban J connectivity index is 1.15. The van der Waals surface area contributed by atoms with Crippen LogP contribution in [0, 0.1) is 0 Å². The molecule has 11 rings (SSSR count). The van der Waals surface area contributed by atoms with E-state index in [2.05, 4.69) is 114 Å². The normalized spacial score (nSPS) is 11.8. The molecule has 5 nitrogen and oxygen atoms in total. The third-order valence-electron chi connectivity index (χ3n) is 10.1. The van der Waals surface area contributed by atoms with E-state index >= 15 is 0 Å². The smallest absolute Gasteiger partial charge is 0.227 e. The monoisotopic (exact) mass is 668 g/mol. The molecular weight excluding hydrogens is 641 g/mol. The minimum Gasteiger partial charge on any atom is -0.456 e. The molecular formula is C47H28N2O3. The maximum absolute atomic E-state index is 6.64. The van der Waals surface area contributed by atoms with Gasteiger partial charge in [-0.2, -0.15) is 0 Å². The minimum absolute atomic E-state index is 0.581. The summed E-state index contributed by atoms with van der Waals surface area (Å²) >= 11 is 0. The van der Waals surface area contributed by atoms with Crippen molar-refractivity contribution in [1.82, 2.24) is 4.98 Å². The topological polar surface area (TPSA) is 55.6 Å². The number of furan rings is 2. The van der Waals surface area contributed by atoms with Crippen LogP contribution < -0.4 is 4.90 Å². The number of para-hydroxylation sites is 2. The molecule has 52 heavy (non-hydrogen) atoms. The maximum Gasteiger partial charge on any atom is 0.227 e. The van der Waals surface area contributed by atoms with Gasteiger partial charge in [-0.05, 0) is 76.5 Å². The van der Waals surface area contributed by atoms with Gasteiger partial charge in [0.25, 0.3) is 0 Å². The van der Waals surface area contributed by atoms with Crippen LogP contribution in [0.4, 0.5) is 17.1 Å². The zero-order valence-electron chi connectivity index (χ0n) is 27.8. The molecule has 0 atom stereocenters. The summed E-state index contributed by atoms with van der Waals surface area (Å²) in [6.45, 7) is 0. The van der Waals surface area contributed by atoms with Gasteiger partial charge >= 0.3 is 0 Å². The highest BCUT2D eigenvalue weighted by molar-refractivity contribution is 6.17. The lowest BCUT2D eigenvalue weighted by molar-refractivity contribution is 0.617. The first-order valence-electron chi connectivity index (χ1n) is 17.4. The number of fused-ring (bicyclic) bond motifs is 8. The summed E-state index contributed by atoms with van der Waals surface area (Å²) in [7, 11) is 0. The van der Waals surface area contributed by atoms with E-state index < -0.39 is 0 Å². The summed E-state index contributed by atoms with van der Waals surface area (Å²) in [6, 6.07) is 58.6. The number of rotatable bonds is 5. The van der Waals surface area contributed by atoms with Crippen LogP contribution in [-0.4, -0.2) is 4.98 Å². The van der Waals surface area contributed by atoms with E-state index in [4.69, 9.17) is 18.2 Å². The number of hydrogen-bond donors (Lipinski definition) is 0. The Bertz CT molecular complexity index is 3130. The summed E-state index contributed by atoms with van der Waals surface area (Å²) in [6.07, 6.45) is 0.